The lowest BCUT2D eigenvalue weighted by molar-refractivity contribution is 0.308. The van der Waals surface area contributed by atoms with Gasteiger partial charge in [-0.15, -0.1) is 0 Å². The number of allylic oxidation sites excluding steroid dienone is 2. The van der Waals surface area contributed by atoms with Crippen LogP contribution in [0.15, 0.2) is 30.3 Å². The molecule has 1 aliphatic rings. The summed E-state index contributed by atoms with van der Waals surface area (Å²) < 4.78 is 12.9. The minimum absolute atomic E-state index is 0.146. The van der Waals surface area contributed by atoms with Crippen LogP contribution in [0.25, 0.3) is 5.57 Å². The largest absolute Gasteiger partial charge is 0.207 e. The van der Waals surface area contributed by atoms with Gasteiger partial charge in [-0.05, 0) is 54.4 Å². The van der Waals surface area contributed by atoms with E-state index in [-0.39, 0.29) is 5.82 Å². The van der Waals surface area contributed by atoms with Gasteiger partial charge in [0.2, 0.25) is 0 Å². The summed E-state index contributed by atoms with van der Waals surface area (Å²) in [6.45, 7) is 4.68. The molecule has 2 rings (SSSR count). The molecular formula is C19H27F. The van der Waals surface area contributed by atoms with Crippen molar-refractivity contribution in [3.63, 3.8) is 0 Å². The molecule has 0 radical (unpaired) electrons. The fourth-order valence-corrected chi connectivity index (χ4v) is 3.25. The first-order chi connectivity index (χ1) is 9.70. The van der Waals surface area contributed by atoms with E-state index in [1.807, 2.05) is 12.1 Å². The summed E-state index contributed by atoms with van der Waals surface area (Å²) in [5.74, 6) is 1.54. The summed E-state index contributed by atoms with van der Waals surface area (Å²) in [7, 11) is 0. The van der Waals surface area contributed by atoms with Crippen LogP contribution >= 0.6 is 0 Å². The third kappa shape index (κ3) is 4.19. The van der Waals surface area contributed by atoms with Gasteiger partial charge in [0.1, 0.15) is 5.82 Å². The molecule has 20 heavy (non-hydrogen) atoms. The Kier molecular flexibility index (Phi) is 5.82. The average molecular weight is 274 g/mol. The zero-order valence-electron chi connectivity index (χ0n) is 12.9. The third-order valence-corrected chi connectivity index (χ3v) is 4.73. The molecule has 1 aromatic carbocycles. The van der Waals surface area contributed by atoms with E-state index in [9.17, 15) is 4.39 Å². The molecule has 1 aromatic rings. The van der Waals surface area contributed by atoms with Crippen molar-refractivity contribution in [3.05, 3.63) is 41.7 Å². The molecule has 1 heteroatoms. The summed E-state index contributed by atoms with van der Waals surface area (Å²) in [6.07, 6.45) is 11.4. The van der Waals surface area contributed by atoms with Crippen LogP contribution in [0.2, 0.25) is 0 Å². The van der Waals surface area contributed by atoms with E-state index in [2.05, 4.69) is 19.9 Å². The van der Waals surface area contributed by atoms with E-state index in [4.69, 9.17) is 0 Å². The molecule has 110 valence electrons. The normalized spacial score (nSPS) is 20.6. The fraction of sp³-hybridized carbons (Fsp3) is 0.579. The van der Waals surface area contributed by atoms with Gasteiger partial charge in [-0.25, -0.2) is 4.39 Å². The molecule has 0 spiro atoms. The second-order valence-electron chi connectivity index (χ2n) is 6.24. The maximum absolute atomic E-state index is 12.9. The highest BCUT2D eigenvalue weighted by Crippen LogP contribution is 2.35. The van der Waals surface area contributed by atoms with E-state index < -0.39 is 0 Å². The Morgan fingerprint density at radius 3 is 2.55 bits per heavy atom. The zero-order chi connectivity index (χ0) is 14.4. The molecule has 2 unspecified atom stereocenters. The van der Waals surface area contributed by atoms with E-state index in [0.717, 1.165) is 18.3 Å². The number of rotatable bonds is 6. The van der Waals surface area contributed by atoms with Gasteiger partial charge in [-0.1, -0.05) is 57.7 Å². The van der Waals surface area contributed by atoms with Crippen molar-refractivity contribution < 1.29 is 4.39 Å². The second kappa shape index (κ2) is 7.61. The van der Waals surface area contributed by atoms with E-state index in [1.165, 1.54) is 49.7 Å². The highest BCUT2D eigenvalue weighted by molar-refractivity contribution is 5.66. The molecular weight excluding hydrogens is 247 g/mol. The van der Waals surface area contributed by atoms with Gasteiger partial charge >= 0.3 is 0 Å². The molecule has 0 nitrogen and oxygen atoms in total. The van der Waals surface area contributed by atoms with Gasteiger partial charge in [-0.2, -0.15) is 0 Å². The Hall–Kier alpha value is -1.11. The quantitative estimate of drug-likeness (QED) is 0.540. The van der Waals surface area contributed by atoms with Gasteiger partial charge in [0, 0.05) is 0 Å². The van der Waals surface area contributed by atoms with Gasteiger partial charge in [0.15, 0.2) is 0 Å². The number of hydrogen-bond donors (Lipinski definition) is 0. The van der Waals surface area contributed by atoms with Gasteiger partial charge in [-0.3, -0.25) is 0 Å². The number of hydrogen-bond acceptors (Lipinski definition) is 0. The predicted octanol–water partition coefficient (Wildman–Crippen LogP) is 6.23. The minimum Gasteiger partial charge on any atom is -0.207 e. The molecule has 0 N–H and O–H groups in total. The lowest BCUT2D eigenvalue weighted by atomic mass is 9.78. The predicted molar refractivity (Wildman–Crippen MR) is 85.0 cm³/mol. The van der Waals surface area contributed by atoms with Crippen LogP contribution in [-0.4, -0.2) is 0 Å². The van der Waals surface area contributed by atoms with Crippen molar-refractivity contribution in [3.8, 4) is 0 Å². The number of unbranched alkanes of at least 4 members (excludes halogenated alkanes) is 2. The molecule has 2 atom stereocenters. The lowest BCUT2D eigenvalue weighted by Gasteiger charge is -2.27. The summed E-state index contributed by atoms with van der Waals surface area (Å²) in [5, 5.41) is 0. The molecule has 0 saturated heterocycles. The summed E-state index contributed by atoms with van der Waals surface area (Å²) in [5.41, 5.74) is 2.60. The highest BCUT2D eigenvalue weighted by atomic mass is 19.1. The van der Waals surface area contributed by atoms with Crippen LogP contribution in [0.4, 0.5) is 4.39 Å². The minimum atomic E-state index is -0.146. The second-order valence-corrected chi connectivity index (χ2v) is 6.24. The number of halogens is 1. The number of benzene rings is 1. The van der Waals surface area contributed by atoms with E-state index in [0.29, 0.717) is 0 Å². The van der Waals surface area contributed by atoms with Crippen LogP contribution in [0.3, 0.4) is 0 Å². The smallest absolute Gasteiger partial charge is 0.123 e. The van der Waals surface area contributed by atoms with Crippen molar-refractivity contribution >= 4 is 5.57 Å². The summed E-state index contributed by atoms with van der Waals surface area (Å²) in [4.78, 5) is 0. The van der Waals surface area contributed by atoms with E-state index >= 15 is 0 Å². The topological polar surface area (TPSA) is 0 Å². The van der Waals surface area contributed by atoms with Crippen LogP contribution in [-0.2, 0) is 0 Å². The van der Waals surface area contributed by atoms with Gasteiger partial charge in [0.05, 0.1) is 0 Å². The van der Waals surface area contributed by atoms with Crippen molar-refractivity contribution in [2.75, 3.05) is 0 Å². The van der Waals surface area contributed by atoms with Crippen LogP contribution in [0, 0.1) is 17.7 Å². The first-order valence-electron chi connectivity index (χ1n) is 8.15. The average Bonchev–Trinajstić information content (AvgIpc) is 2.48. The molecule has 0 aliphatic heterocycles. The Balaban J connectivity index is 1.88. The van der Waals surface area contributed by atoms with Crippen LogP contribution in [0.1, 0.15) is 64.4 Å². The third-order valence-electron chi connectivity index (χ3n) is 4.73. The van der Waals surface area contributed by atoms with E-state index in [1.54, 1.807) is 12.1 Å². The van der Waals surface area contributed by atoms with Crippen molar-refractivity contribution in [2.24, 2.45) is 11.8 Å². The molecule has 0 fully saturated rings. The molecule has 0 amide bonds. The Bertz CT molecular complexity index is 430. The first kappa shape index (κ1) is 15.3. The highest BCUT2D eigenvalue weighted by Gasteiger charge is 2.20. The standard InChI is InChI=1S/C19H27F/c1-3-4-5-6-15(2)16-7-9-17(10-8-16)18-11-13-19(20)14-12-18/h9,11-16H,3-8,10H2,1-2H3. The Morgan fingerprint density at radius 1 is 1.20 bits per heavy atom. The van der Waals surface area contributed by atoms with Gasteiger partial charge < -0.3 is 0 Å². The lowest BCUT2D eigenvalue weighted by Crippen LogP contribution is -2.14. The fourth-order valence-electron chi connectivity index (χ4n) is 3.25. The Morgan fingerprint density at radius 2 is 1.95 bits per heavy atom. The van der Waals surface area contributed by atoms with Crippen LogP contribution in [0.5, 0.6) is 0 Å². The maximum atomic E-state index is 12.9. The molecule has 0 heterocycles. The molecule has 0 bridgehead atoms. The van der Waals surface area contributed by atoms with Gasteiger partial charge in [0.25, 0.3) is 0 Å². The van der Waals surface area contributed by atoms with Crippen molar-refractivity contribution in [2.45, 2.75) is 58.8 Å². The Labute approximate surface area is 123 Å². The summed E-state index contributed by atoms with van der Waals surface area (Å²) in [6, 6.07) is 6.95. The summed E-state index contributed by atoms with van der Waals surface area (Å²) >= 11 is 0. The zero-order valence-corrected chi connectivity index (χ0v) is 12.9. The SMILES string of the molecule is CCCCCC(C)C1CC=C(c2ccc(F)cc2)CC1. The van der Waals surface area contributed by atoms with Crippen LogP contribution < -0.4 is 0 Å². The molecule has 1 aliphatic carbocycles. The monoisotopic (exact) mass is 274 g/mol. The maximum Gasteiger partial charge on any atom is 0.123 e. The van der Waals surface area contributed by atoms with Crippen molar-refractivity contribution in [1.82, 2.24) is 0 Å². The molecule has 0 aromatic heterocycles. The molecule has 0 saturated carbocycles. The first-order valence-corrected chi connectivity index (χ1v) is 8.15. The van der Waals surface area contributed by atoms with Crippen molar-refractivity contribution in [1.29, 1.82) is 0 Å².